The van der Waals surface area contributed by atoms with Crippen LogP contribution in [0.15, 0.2) is 63.9 Å². The van der Waals surface area contributed by atoms with Gasteiger partial charge in [-0.15, -0.1) is 4.57 Å². The Labute approximate surface area is 157 Å². The van der Waals surface area contributed by atoms with Gasteiger partial charge in [0.15, 0.2) is 16.9 Å². The normalized spacial score (nSPS) is 11.5. The van der Waals surface area contributed by atoms with Crippen molar-refractivity contribution in [2.24, 2.45) is 0 Å². The summed E-state index contributed by atoms with van der Waals surface area (Å²) in [5, 5.41) is 0. The van der Waals surface area contributed by atoms with Crippen molar-refractivity contribution in [2.45, 2.75) is 6.92 Å². The van der Waals surface area contributed by atoms with Gasteiger partial charge in [-0.3, -0.25) is 4.57 Å². The highest BCUT2D eigenvalue weighted by Crippen LogP contribution is 2.26. The van der Waals surface area contributed by atoms with Crippen molar-refractivity contribution in [1.82, 2.24) is 19.1 Å². The molecule has 5 rings (SSSR count). The number of rotatable bonds is 3. The van der Waals surface area contributed by atoms with Crippen LogP contribution >= 0.6 is 0 Å². The van der Waals surface area contributed by atoms with E-state index in [-0.39, 0.29) is 17.8 Å². The van der Waals surface area contributed by atoms with Gasteiger partial charge in [-0.2, -0.15) is 0 Å². The first-order valence-electron chi connectivity index (χ1n) is 8.75. The third-order valence-corrected chi connectivity index (χ3v) is 4.44. The smallest absolute Gasteiger partial charge is 0.375 e. The number of benzene rings is 2. The lowest BCUT2D eigenvalue weighted by molar-refractivity contribution is 0.0525. The van der Waals surface area contributed by atoms with Crippen LogP contribution in [0.1, 0.15) is 17.3 Å². The molecule has 0 N–H and O–H groups in total. The van der Waals surface area contributed by atoms with Gasteiger partial charge < -0.3 is 9.26 Å². The summed E-state index contributed by atoms with van der Waals surface area (Å²) >= 11 is 0. The first-order valence-corrected chi connectivity index (χ1v) is 8.75. The first kappa shape index (κ1) is 16.2. The van der Waals surface area contributed by atoms with Gasteiger partial charge in [-0.25, -0.2) is 19.6 Å². The number of para-hydroxylation sites is 3. The molecule has 0 aliphatic heterocycles. The molecule has 2 aromatic carbocycles. The monoisotopic (exact) mass is 374 g/mol. The summed E-state index contributed by atoms with van der Waals surface area (Å²) in [5.41, 5.74) is 2.12. The van der Waals surface area contributed by atoms with Crippen molar-refractivity contribution in [3.8, 4) is 5.69 Å². The maximum Gasteiger partial charge on any atom is 0.375 e. The van der Waals surface area contributed by atoms with Gasteiger partial charge in [0.05, 0.1) is 17.6 Å². The molecule has 3 aromatic heterocycles. The van der Waals surface area contributed by atoms with Gasteiger partial charge in [0, 0.05) is 5.69 Å². The minimum absolute atomic E-state index is 0.140. The van der Waals surface area contributed by atoms with Crippen LogP contribution in [-0.4, -0.2) is 31.7 Å². The minimum atomic E-state index is -0.782. The Morgan fingerprint density at radius 1 is 1.00 bits per heavy atom. The van der Waals surface area contributed by atoms with Crippen LogP contribution in [0.4, 0.5) is 0 Å². The van der Waals surface area contributed by atoms with Crippen molar-refractivity contribution >= 4 is 33.9 Å². The van der Waals surface area contributed by atoms with Gasteiger partial charge in [0.25, 0.3) is 0 Å². The maximum atomic E-state index is 12.5. The second-order valence-corrected chi connectivity index (χ2v) is 6.12. The average molecular weight is 374 g/mol. The SMILES string of the molecule is CCOC(=O)c1c(=O)on2c3nc4ccccc4nc3n(-c3ccccc3)c12. The Bertz CT molecular complexity index is 1410. The Balaban J connectivity index is 2.00. The van der Waals surface area contributed by atoms with E-state index in [4.69, 9.17) is 14.2 Å². The number of aromatic nitrogens is 4. The number of carbonyl (C=O) groups excluding carboxylic acids is 1. The summed E-state index contributed by atoms with van der Waals surface area (Å²) in [6.07, 6.45) is 0. The standard InChI is InChI=1S/C20H14N4O4/c1-2-27-19(25)15-18-23(12-8-4-3-5-9-12)16-17(24(18)28-20(15)26)22-14-11-7-6-10-13(14)21-16/h3-11H,2H2,1H3. The molecule has 0 aliphatic carbocycles. The molecule has 0 amide bonds. The predicted octanol–water partition coefficient (Wildman–Crippen LogP) is 2.96. The summed E-state index contributed by atoms with van der Waals surface area (Å²) in [6, 6.07) is 16.7. The van der Waals surface area contributed by atoms with E-state index in [0.717, 1.165) is 0 Å². The summed E-state index contributed by atoms with van der Waals surface area (Å²) in [4.78, 5) is 34.3. The third-order valence-electron chi connectivity index (χ3n) is 4.44. The number of ether oxygens (including phenoxy) is 1. The van der Waals surface area contributed by atoms with Crippen LogP contribution in [0.25, 0.3) is 33.7 Å². The molecule has 3 heterocycles. The molecule has 0 aliphatic rings. The fourth-order valence-corrected chi connectivity index (χ4v) is 3.28. The highest BCUT2D eigenvalue weighted by Gasteiger charge is 2.28. The number of hydrogen-bond acceptors (Lipinski definition) is 6. The molecule has 5 aromatic rings. The number of imidazole rings is 1. The van der Waals surface area contributed by atoms with Crippen molar-refractivity contribution in [1.29, 1.82) is 0 Å². The van der Waals surface area contributed by atoms with E-state index in [1.165, 1.54) is 4.57 Å². The molecule has 0 atom stereocenters. The van der Waals surface area contributed by atoms with E-state index in [0.29, 0.717) is 28.0 Å². The Kier molecular flexibility index (Phi) is 3.51. The van der Waals surface area contributed by atoms with Crippen molar-refractivity contribution in [3.63, 3.8) is 0 Å². The van der Waals surface area contributed by atoms with Crippen LogP contribution in [0.2, 0.25) is 0 Å². The van der Waals surface area contributed by atoms with Gasteiger partial charge in [-0.05, 0) is 31.2 Å². The number of esters is 1. The largest absolute Gasteiger partial charge is 0.462 e. The van der Waals surface area contributed by atoms with Crippen LogP contribution in [-0.2, 0) is 4.74 Å². The fourth-order valence-electron chi connectivity index (χ4n) is 3.28. The van der Waals surface area contributed by atoms with E-state index >= 15 is 0 Å². The summed E-state index contributed by atoms with van der Waals surface area (Å²) in [7, 11) is 0. The van der Waals surface area contributed by atoms with Crippen LogP contribution in [0, 0.1) is 0 Å². The summed E-state index contributed by atoms with van der Waals surface area (Å²) < 4.78 is 13.4. The second-order valence-electron chi connectivity index (χ2n) is 6.12. The molecule has 0 bridgehead atoms. The van der Waals surface area contributed by atoms with Crippen LogP contribution < -0.4 is 5.63 Å². The maximum absolute atomic E-state index is 12.5. The van der Waals surface area contributed by atoms with Gasteiger partial charge >= 0.3 is 11.6 Å². The lowest BCUT2D eigenvalue weighted by Crippen LogP contribution is -2.15. The molecule has 0 fully saturated rings. The number of carbonyl (C=O) groups is 1. The second kappa shape index (κ2) is 6.05. The predicted molar refractivity (Wildman–Crippen MR) is 102 cm³/mol. The molecule has 8 nitrogen and oxygen atoms in total. The summed E-state index contributed by atoms with van der Waals surface area (Å²) in [5.74, 6) is -0.747. The van der Waals surface area contributed by atoms with E-state index < -0.39 is 11.6 Å². The quantitative estimate of drug-likeness (QED) is 0.451. The Morgan fingerprint density at radius 3 is 2.32 bits per heavy atom. The molecular formula is C20H14N4O4. The van der Waals surface area contributed by atoms with E-state index in [1.54, 1.807) is 11.5 Å². The molecule has 138 valence electrons. The van der Waals surface area contributed by atoms with Crippen LogP contribution in [0.5, 0.6) is 0 Å². The number of hydrogen-bond donors (Lipinski definition) is 0. The summed E-state index contributed by atoms with van der Waals surface area (Å²) in [6.45, 7) is 1.82. The topological polar surface area (TPSA) is 91.6 Å². The Hall–Kier alpha value is -3.94. The zero-order valence-electron chi connectivity index (χ0n) is 14.8. The van der Waals surface area contributed by atoms with E-state index in [2.05, 4.69) is 4.98 Å². The zero-order valence-corrected chi connectivity index (χ0v) is 14.8. The Morgan fingerprint density at radius 2 is 1.64 bits per heavy atom. The zero-order chi connectivity index (χ0) is 19.3. The molecule has 0 unspecified atom stereocenters. The molecule has 8 heteroatoms. The molecule has 0 saturated heterocycles. The minimum Gasteiger partial charge on any atom is -0.462 e. The van der Waals surface area contributed by atoms with Crippen LogP contribution in [0.3, 0.4) is 0 Å². The highest BCUT2D eigenvalue weighted by molar-refractivity contribution is 5.98. The average Bonchev–Trinajstić information content (AvgIpc) is 3.19. The lowest BCUT2D eigenvalue weighted by Gasteiger charge is -2.06. The van der Waals surface area contributed by atoms with Gasteiger partial charge in [0.2, 0.25) is 5.65 Å². The van der Waals surface area contributed by atoms with Gasteiger partial charge in [-0.1, -0.05) is 30.3 Å². The van der Waals surface area contributed by atoms with Crippen molar-refractivity contribution in [2.75, 3.05) is 6.61 Å². The molecule has 0 spiro atoms. The first-order chi connectivity index (χ1) is 13.7. The molecule has 0 saturated carbocycles. The molecular weight excluding hydrogens is 360 g/mol. The molecule has 0 radical (unpaired) electrons. The van der Waals surface area contributed by atoms with Gasteiger partial charge in [0.1, 0.15) is 0 Å². The highest BCUT2D eigenvalue weighted by atomic mass is 16.5. The number of fused-ring (bicyclic) bond motifs is 4. The third kappa shape index (κ3) is 2.24. The molecule has 28 heavy (non-hydrogen) atoms. The van der Waals surface area contributed by atoms with E-state index in [9.17, 15) is 9.59 Å². The van der Waals surface area contributed by atoms with E-state index in [1.807, 2.05) is 54.6 Å². The fraction of sp³-hybridized carbons (Fsp3) is 0.100. The van der Waals surface area contributed by atoms with Crippen molar-refractivity contribution < 1.29 is 14.1 Å². The lowest BCUT2D eigenvalue weighted by atomic mass is 10.3. The number of nitrogens with zero attached hydrogens (tertiary/aromatic N) is 4. The van der Waals surface area contributed by atoms with Crippen molar-refractivity contribution in [3.05, 3.63) is 70.6 Å².